The van der Waals surface area contributed by atoms with Gasteiger partial charge in [-0.15, -0.1) is 0 Å². The van der Waals surface area contributed by atoms with Gasteiger partial charge in [-0.25, -0.2) is 0 Å². The van der Waals surface area contributed by atoms with Gasteiger partial charge >= 0.3 is 0 Å². The highest BCUT2D eigenvalue weighted by atomic mass is 16.5. The lowest BCUT2D eigenvalue weighted by molar-refractivity contribution is -0.000107. The normalized spacial score (nSPS) is 43.0. The lowest BCUT2D eigenvalue weighted by atomic mass is 9.64. The van der Waals surface area contributed by atoms with E-state index in [2.05, 4.69) is 50.3 Å². The zero-order chi connectivity index (χ0) is 14.7. The van der Waals surface area contributed by atoms with Crippen molar-refractivity contribution in [3.63, 3.8) is 0 Å². The van der Waals surface area contributed by atoms with E-state index < -0.39 is 0 Å². The summed E-state index contributed by atoms with van der Waals surface area (Å²) < 4.78 is 6.18. The van der Waals surface area contributed by atoms with E-state index in [1.807, 2.05) is 6.07 Å². The zero-order valence-electron chi connectivity index (χ0n) is 12.7. The van der Waals surface area contributed by atoms with Gasteiger partial charge < -0.3 is 9.84 Å². The zero-order valence-corrected chi connectivity index (χ0v) is 12.7. The van der Waals surface area contributed by atoms with Crippen molar-refractivity contribution in [1.29, 1.82) is 0 Å². The summed E-state index contributed by atoms with van der Waals surface area (Å²) >= 11 is 0. The van der Waals surface area contributed by atoms with E-state index in [4.69, 9.17) is 4.74 Å². The summed E-state index contributed by atoms with van der Waals surface area (Å²) in [6.07, 6.45) is 5.97. The lowest BCUT2D eigenvalue weighted by Crippen LogP contribution is -2.42. The van der Waals surface area contributed by atoms with Crippen LogP contribution in [-0.4, -0.2) is 23.4 Å². The minimum atomic E-state index is -0.325. The number of aliphatic hydroxyl groups excluding tert-OH is 1. The van der Waals surface area contributed by atoms with Gasteiger partial charge in [0.2, 0.25) is 0 Å². The van der Waals surface area contributed by atoms with Crippen LogP contribution in [-0.2, 0) is 4.74 Å². The lowest BCUT2D eigenvalue weighted by Gasteiger charge is -2.39. The standard InChI is InChI=1S/C19H22O2/c1-13-10-18(2)17-15(8-14-6-4-3-5-7-14)9-16(20)19(17,11-13)12-21-18/h3-8,11,16-17,20H,9-10,12H2,1-2H3/b15-8+/t16-,17+,18+,19+/m1/s1. The van der Waals surface area contributed by atoms with Crippen molar-refractivity contribution >= 4 is 6.08 Å². The Morgan fingerprint density at radius 2 is 2.05 bits per heavy atom. The van der Waals surface area contributed by atoms with E-state index in [1.165, 1.54) is 16.7 Å². The molecule has 0 spiro atoms. The van der Waals surface area contributed by atoms with Crippen molar-refractivity contribution in [3.05, 3.63) is 53.1 Å². The molecule has 1 aliphatic heterocycles. The van der Waals surface area contributed by atoms with Crippen molar-refractivity contribution in [3.8, 4) is 0 Å². The maximum atomic E-state index is 10.7. The Labute approximate surface area is 126 Å². The second-order valence-electron chi connectivity index (χ2n) is 7.16. The van der Waals surface area contributed by atoms with Crippen molar-refractivity contribution in [2.75, 3.05) is 6.61 Å². The molecule has 2 bridgehead atoms. The summed E-state index contributed by atoms with van der Waals surface area (Å²) in [6, 6.07) is 10.4. The first-order valence-electron chi connectivity index (χ1n) is 7.79. The SMILES string of the molecule is CC1=C[C@@]23CO[C@@](C)(C1)[C@@H]2/C(=C/c1ccccc1)C[C@H]3O. The van der Waals surface area contributed by atoms with Crippen molar-refractivity contribution in [1.82, 2.24) is 0 Å². The van der Waals surface area contributed by atoms with Crippen LogP contribution in [0.5, 0.6) is 0 Å². The summed E-state index contributed by atoms with van der Waals surface area (Å²) in [5, 5.41) is 10.7. The van der Waals surface area contributed by atoms with Crippen LogP contribution < -0.4 is 0 Å². The Kier molecular flexibility index (Phi) is 2.73. The molecule has 1 aromatic carbocycles. The molecule has 0 radical (unpaired) electrons. The fourth-order valence-electron chi connectivity index (χ4n) is 4.93. The maximum absolute atomic E-state index is 10.7. The number of ether oxygens (including phenoxy) is 1. The second kappa shape index (κ2) is 4.31. The largest absolute Gasteiger partial charge is 0.392 e. The molecule has 2 fully saturated rings. The minimum absolute atomic E-state index is 0.156. The van der Waals surface area contributed by atoms with Crippen LogP contribution in [0.15, 0.2) is 47.6 Å². The van der Waals surface area contributed by atoms with Crippen LogP contribution in [0.2, 0.25) is 0 Å². The number of hydrogen-bond donors (Lipinski definition) is 1. The molecule has 4 rings (SSSR count). The van der Waals surface area contributed by atoms with Crippen LogP contribution in [0.1, 0.15) is 32.3 Å². The van der Waals surface area contributed by atoms with Gasteiger partial charge in [0.1, 0.15) is 0 Å². The van der Waals surface area contributed by atoms with Crippen LogP contribution >= 0.6 is 0 Å². The van der Waals surface area contributed by atoms with Gasteiger partial charge in [0.25, 0.3) is 0 Å². The van der Waals surface area contributed by atoms with Gasteiger partial charge in [0.05, 0.1) is 18.3 Å². The summed E-state index contributed by atoms with van der Waals surface area (Å²) in [6.45, 7) is 5.03. The smallest absolute Gasteiger partial charge is 0.0767 e. The molecule has 1 heterocycles. The topological polar surface area (TPSA) is 29.5 Å². The number of rotatable bonds is 1. The Morgan fingerprint density at radius 3 is 2.81 bits per heavy atom. The van der Waals surface area contributed by atoms with Gasteiger partial charge in [0.15, 0.2) is 0 Å². The first-order valence-corrected chi connectivity index (χ1v) is 7.79. The van der Waals surface area contributed by atoms with Crippen LogP contribution in [0, 0.1) is 11.3 Å². The van der Waals surface area contributed by atoms with Gasteiger partial charge in [-0.1, -0.05) is 53.6 Å². The fourth-order valence-corrected chi connectivity index (χ4v) is 4.93. The summed E-state index contributed by atoms with van der Waals surface area (Å²) in [5.41, 5.74) is 3.56. The van der Waals surface area contributed by atoms with Crippen LogP contribution in [0.4, 0.5) is 0 Å². The Hall–Kier alpha value is -1.38. The molecule has 4 atom stereocenters. The summed E-state index contributed by atoms with van der Waals surface area (Å²) in [5.74, 6) is 0.309. The first kappa shape index (κ1) is 13.3. The molecule has 0 unspecified atom stereocenters. The Balaban J connectivity index is 1.82. The van der Waals surface area contributed by atoms with E-state index in [-0.39, 0.29) is 17.1 Å². The monoisotopic (exact) mass is 282 g/mol. The van der Waals surface area contributed by atoms with E-state index in [0.717, 1.165) is 12.8 Å². The molecule has 1 aromatic rings. The molecule has 2 aliphatic carbocycles. The quantitative estimate of drug-likeness (QED) is 0.798. The summed E-state index contributed by atoms with van der Waals surface area (Å²) in [4.78, 5) is 0. The van der Waals surface area contributed by atoms with Crippen molar-refractivity contribution in [2.45, 2.75) is 38.4 Å². The third-order valence-corrected chi connectivity index (χ3v) is 5.52. The van der Waals surface area contributed by atoms with E-state index in [1.54, 1.807) is 0 Å². The minimum Gasteiger partial charge on any atom is -0.392 e. The van der Waals surface area contributed by atoms with E-state index >= 15 is 0 Å². The van der Waals surface area contributed by atoms with Gasteiger partial charge in [-0.05, 0) is 32.3 Å². The Bertz CT molecular complexity index is 630. The molecule has 2 heteroatoms. The molecule has 1 saturated carbocycles. The van der Waals surface area contributed by atoms with Gasteiger partial charge in [-0.2, -0.15) is 0 Å². The third-order valence-electron chi connectivity index (χ3n) is 5.52. The molecule has 3 aliphatic rings. The highest BCUT2D eigenvalue weighted by molar-refractivity contribution is 5.57. The van der Waals surface area contributed by atoms with Crippen LogP contribution in [0.25, 0.3) is 6.08 Å². The second-order valence-corrected chi connectivity index (χ2v) is 7.16. The first-order chi connectivity index (χ1) is 10.0. The number of aliphatic hydroxyl groups is 1. The van der Waals surface area contributed by atoms with Crippen molar-refractivity contribution < 1.29 is 9.84 Å². The molecular formula is C19H22O2. The predicted octanol–water partition coefficient (Wildman–Crippen LogP) is 3.58. The fraction of sp³-hybridized carbons (Fsp3) is 0.474. The van der Waals surface area contributed by atoms with Gasteiger partial charge in [0, 0.05) is 11.3 Å². The van der Waals surface area contributed by atoms with Crippen LogP contribution in [0.3, 0.4) is 0 Å². The van der Waals surface area contributed by atoms with Gasteiger partial charge in [-0.3, -0.25) is 0 Å². The average Bonchev–Trinajstić information content (AvgIpc) is 2.82. The molecular weight excluding hydrogens is 260 g/mol. The third kappa shape index (κ3) is 1.79. The molecule has 110 valence electrons. The average molecular weight is 282 g/mol. The molecule has 0 amide bonds. The van der Waals surface area contributed by atoms with E-state index in [0.29, 0.717) is 12.5 Å². The molecule has 2 nitrogen and oxygen atoms in total. The maximum Gasteiger partial charge on any atom is 0.0767 e. The molecule has 1 saturated heterocycles. The molecule has 21 heavy (non-hydrogen) atoms. The van der Waals surface area contributed by atoms with Crippen molar-refractivity contribution in [2.24, 2.45) is 11.3 Å². The summed E-state index contributed by atoms with van der Waals surface area (Å²) in [7, 11) is 0. The Morgan fingerprint density at radius 1 is 1.29 bits per heavy atom. The molecule has 0 aromatic heterocycles. The number of benzene rings is 1. The van der Waals surface area contributed by atoms with E-state index in [9.17, 15) is 5.11 Å². The predicted molar refractivity (Wildman–Crippen MR) is 83.7 cm³/mol. The molecule has 1 N–H and O–H groups in total. The highest BCUT2D eigenvalue weighted by Gasteiger charge is 2.64. The highest BCUT2D eigenvalue weighted by Crippen LogP contribution is 2.63. The number of hydrogen-bond acceptors (Lipinski definition) is 2.